The topological polar surface area (TPSA) is 50.4 Å². The van der Waals surface area contributed by atoms with Crippen LogP contribution in [0.1, 0.15) is 19.8 Å². The van der Waals surface area contributed by atoms with Crippen LogP contribution < -0.4 is 15.4 Å². The van der Waals surface area contributed by atoms with Crippen molar-refractivity contribution in [3.63, 3.8) is 0 Å². The summed E-state index contributed by atoms with van der Waals surface area (Å²) in [5.74, 6) is 0.629. The Kier molecular flexibility index (Phi) is 6.42. The summed E-state index contributed by atoms with van der Waals surface area (Å²) in [4.78, 5) is 11.9. The number of benzene rings is 1. The van der Waals surface area contributed by atoms with Crippen LogP contribution in [0.5, 0.6) is 5.75 Å². The normalized spacial score (nSPS) is 17.7. The van der Waals surface area contributed by atoms with Crippen molar-refractivity contribution >= 4 is 35.6 Å². The molecule has 0 saturated carbocycles. The number of nitrogens with one attached hydrogen (secondary N) is 2. The molecule has 1 aliphatic rings. The first-order valence-electron chi connectivity index (χ1n) is 6.17. The lowest BCUT2D eigenvalue weighted by atomic mass is 10.2. The summed E-state index contributed by atoms with van der Waals surface area (Å²) in [5, 5.41) is 6.51. The van der Waals surface area contributed by atoms with Crippen LogP contribution in [0, 0.1) is 0 Å². The van der Waals surface area contributed by atoms with Crippen LogP contribution in [0.25, 0.3) is 0 Å². The third kappa shape index (κ3) is 4.27. The molecule has 1 unspecified atom stereocenters. The van der Waals surface area contributed by atoms with Gasteiger partial charge in [0.2, 0.25) is 5.91 Å². The Balaban J connectivity index is 0.00000180. The van der Waals surface area contributed by atoms with E-state index in [9.17, 15) is 4.79 Å². The lowest BCUT2D eigenvalue weighted by molar-refractivity contribution is -0.117. The van der Waals surface area contributed by atoms with Gasteiger partial charge < -0.3 is 15.4 Å². The van der Waals surface area contributed by atoms with Crippen molar-refractivity contribution < 1.29 is 9.53 Å². The van der Waals surface area contributed by atoms with Gasteiger partial charge in [-0.05, 0) is 44.5 Å². The van der Waals surface area contributed by atoms with Gasteiger partial charge in [0.05, 0.1) is 17.7 Å². The highest BCUT2D eigenvalue weighted by molar-refractivity contribution is 6.32. The number of anilines is 1. The first kappa shape index (κ1) is 16.1. The summed E-state index contributed by atoms with van der Waals surface area (Å²) < 4.78 is 5.34. The number of rotatable bonds is 4. The molecule has 1 aromatic carbocycles. The Morgan fingerprint density at radius 1 is 1.58 bits per heavy atom. The van der Waals surface area contributed by atoms with Gasteiger partial charge in [-0.15, -0.1) is 12.4 Å². The molecule has 0 spiro atoms. The maximum atomic E-state index is 11.9. The smallest absolute Gasteiger partial charge is 0.241 e. The highest BCUT2D eigenvalue weighted by Crippen LogP contribution is 2.27. The van der Waals surface area contributed by atoms with Crippen molar-refractivity contribution in [2.45, 2.75) is 25.8 Å². The number of hydrogen-bond acceptors (Lipinski definition) is 3. The lowest BCUT2D eigenvalue weighted by Crippen LogP contribution is -2.35. The Labute approximate surface area is 124 Å². The zero-order chi connectivity index (χ0) is 13.0. The van der Waals surface area contributed by atoms with Gasteiger partial charge in [0.15, 0.2) is 0 Å². The molecule has 6 heteroatoms. The number of carbonyl (C=O) groups is 1. The molecule has 2 rings (SSSR count). The van der Waals surface area contributed by atoms with Crippen LogP contribution in [0.4, 0.5) is 5.69 Å². The van der Waals surface area contributed by atoms with Crippen LogP contribution in [0.15, 0.2) is 18.2 Å². The van der Waals surface area contributed by atoms with E-state index >= 15 is 0 Å². The standard InChI is InChI=1S/C13H17ClN2O2.ClH/c1-2-18-12-6-5-9(8-10(12)14)16-13(17)11-4-3-7-15-11;/h5-6,8,11,15H,2-4,7H2,1H3,(H,16,17);1H. The second kappa shape index (κ2) is 7.58. The van der Waals surface area contributed by atoms with Crippen LogP contribution in [-0.4, -0.2) is 25.1 Å². The minimum Gasteiger partial charge on any atom is -0.492 e. The van der Waals surface area contributed by atoms with Gasteiger partial charge in [-0.25, -0.2) is 0 Å². The van der Waals surface area contributed by atoms with E-state index in [0.29, 0.717) is 23.1 Å². The summed E-state index contributed by atoms with van der Waals surface area (Å²) in [6.07, 6.45) is 1.93. The molecule has 1 heterocycles. The molecule has 1 saturated heterocycles. The van der Waals surface area contributed by atoms with Crippen molar-refractivity contribution in [2.75, 3.05) is 18.5 Å². The highest BCUT2D eigenvalue weighted by atomic mass is 35.5. The zero-order valence-corrected chi connectivity index (χ0v) is 12.3. The zero-order valence-electron chi connectivity index (χ0n) is 10.7. The first-order valence-corrected chi connectivity index (χ1v) is 6.55. The second-order valence-electron chi connectivity index (χ2n) is 4.22. The fraction of sp³-hybridized carbons (Fsp3) is 0.462. The molecule has 19 heavy (non-hydrogen) atoms. The minimum absolute atomic E-state index is 0. The number of carbonyl (C=O) groups excluding carboxylic acids is 1. The molecule has 0 aliphatic carbocycles. The van der Waals surface area contributed by atoms with E-state index in [1.165, 1.54) is 0 Å². The van der Waals surface area contributed by atoms with E-state index in [0.717, 1.165) is 19.4 Å². The van der Waals surface area contributed by atoms with Gasteiger partial charge in [0.1, 0.15) is 5.75 Å². The quantitative estimate of drug-likeness (QED) is 0.899. The molecule has 2 N–H and O–H groups in total. The number of halogens is 2. The monoisotopic (exact) mass is 304 g/mol. The van der Waals surface area contributed by atoms with Gasteiger partial charge in [-0.1, -0.05) is 11.6 Å². The predicted molar refractivity (Wildman–Crippen MR) is 79.5 cm³/mol. The molecule has 4 nitrogen and oxygen atoms in total. The molecule has 0 aromatic heterocycles. The largest absolute Gasteiger partial charge is 0.492 e. The Morgan fingerprint density at radius 2 is 2.37 bits per heavy atom. The molecule has 0 radical (unpaired) electrons. The summed E-state index contributed by atoms with van der Waals surface area (Å²) in [6, 6.07) is 5.18. The highest BCUT2D eigenvalue weighted by Gasteiger charge is 2.21. The van der Waals surface area contributed by atoms with Crippen molar-refractivity contribution in [1.29, 1.82) is 0 Å². The molecule has 1 amide bonds. The van der Waals surface area contributed by atoms with Gasteiger partial charge in [-0.2, -0.15) is 0 Å². The van der Waals surface area contributed by atoms with E-state index < -0.39 is 0 Å². The van der Waals surface area contributed by atoms with E-state index in [-0.39, 0.29) is 24.4 Å². The van der Waals surface area contributed by atoms with Crippen molar-refractivity contribution in [2.24, 2.45) is 0 Å². The van der Waals surface area contributed by atoms with Crippen molar-refractivity contribution in [1.82, 2.24) is 5.32 Å². The molecular weight excluding hydrogens is 287 g/mol. The third-order valence-electron chi connectivity index (χ3n) is 2.88. The minimum atomic E-state index is -0.0876. The van der Waals surface area contributed by atoms with Crippen LogP contribution in [0.3, 0.4) is 0 Å². The summed E-state index contributed by atoms with van der Waals surface area (Å²) in [5.41, 5.74) is 0.696. The lowest BCUT2D eigenvalue weighted by Gasteiger charge is -2.12. The molecular formula is C13H18Cl2N2O2. The maximum absolute atomic E-state index is 11.9. The number of ether oxygens (including phenoxy) is 1. The van der Waals surface area contributed by atoms with Crippen LogP contribution in [0.2, 0.25) is 5.02 Å². The fourth-order valence-electron chi connectivity index (χ4n) is 1.99. The Bertz CT molecular complexity index is 435. The molecule has 0 bridgehead atoms. The van der Waals surface area contributed by atoms with Gasteiger partial charge >= 0.3 is 0 Å². The average molecular weight is 305 g/mol. The predicted octanol–water partition coefficient (Wildman–Crippen LogP) is 2.85. The van der Waals surface area contributed by atoms with Crippen LogP contribution in [-0.2, 0) is 4.79 Å². The maximum Gasteiger partial charge on any atom is 0.241 e. The molecule has 1 aliphatic heterocycles. The average Bonchev–Trinajstić information content (AvgIpc) is 2.86. The fourth-order valence-corrected chi connectivity index (χ4v) is 2.22. The van der Waals surface area contributed by atoms with E-state index in [1.807, 2.05) is 6.92 Å². The molecule has 1 atom stereocenters. The van der Waals surface area contributed by atoms with Crippen molar-refractivity contribution in [3.8, 4) is 5.75 Å². The number of hydrogen-bond donors (Lipinski definition) is 2. The van der Waals surface area contributed by atoms with Gasteiger partial charge in [0.25, 0.3) is 0 Å². The first-order chi connectivity index (χ1) is 8.70. The molecule has 106 valence electrons. The van der Waals surface area contributed by atoms with Gasteiger partial charge in [0, 0.05) is 5.69 Å². The molecule has 1 aromatic rings. The second-order valence-corrected chi connectivity index (χ2v) is 4.62. The van der Waals surface area contributed by atoms with Gasteiger partial charge in [-0.3, -0.25) is 4.79 Å². The van der Waals surface area contributed by atoms with Crippen LogP contribution >= 0.6 is 24.0 Å². The summed E-state index contributed by atoms with van der Waals surface area (Å²) in [6.45, 7) is 3.37. The Morgan fingerprint density at radius 3 is 2.95 bits per heavy atom. The summed E-state index contributed by atoms with van der Waals surface area (Å²) in [7, 11) is 0. The van der Waals surface area contributed by atoms with Crippen molar-refractivity contribution in [3.05, 3.63) is 23.2 Å². The van der Waals surface area contributed by atoms with E-state index in [1.54, 1.807) is 18.2 Å². The SMILES string of the molecule is CCOc1ccc(NC(=O)C2CCCN2)cc1Cl.Cl. The summed E-state index contributed by atoms with van der Waals surface area (Å²) >= 11 is 6.06. The molecule has 1 fully saturated rings. The van der Waals surface area contributed by atoms with E-state index in [2.05, 4.69) is 10.6 Å². The number of amides is 1. The Hall–Kier alpha value is -0.970. The van der Waals surface area contributed by atoms with E-state index in [4.69, 9.17) is 16.3 Å². The third-order valence-corrected chi connectivity index (χ3v) is 3.17.